The van der Waals surface area contributed by atoms with Crippen molar-refractivity contribution in [3.8, 4) is 0 Å². The molecule has 0 aromatic heterocycles. The van der Waals surface area contributed by atoms with E-state index < -0.39 is 0 Å². The van der Waals surface area contributed by atoms with E-state index in [0.29, 0.717) is 0 Å². The van der Waals surface area contributed by atoms with Crippen molar-refractivity contribution in [1.29, 1.82) is 0 Å². The third kappa shape index (κ3) is 3.59. The van der Waals surface area contributed by atoms with Crippen LogP contribution in [-0.2, 0) is 5.41 Å². The van der Waals surface area contributed by atoms with Gasteiger partial charge in [-0.2, -0.15) is 0 Å². The summed E-state index contributed by atoms with van der Waals surface area (Å²) < 4.78 is 0. The van der Waals surface area contributed by atoms with Gasteiger partial charge in [0.1, 0.15) is 0 Å². The van der Waals surface area contributed by atoms with Crippen LogP contribution < -0.4 is 0 Å². The molecule has 1 heteroatoms. The molecule has 0 amide bonds. The number of benzene rings is 1. The van der Waals surface area contributed by atoms with Gasteiger partial charge < -0.3 is 0 Å². The monoisotopic (exact) mass is 175 g/mol. The molecule has 11 heavy (non-hydrogen) atoms. The minimum atomic E-state index is 0. The Morgan fingerprint density at radius 1 is 1.18 bits per heavy atom. The molecule has 1 aromatic carbocycles. The van der Waals surface area contributed by atoms with Crippen molar-refractivity contribution in [1.82, 2.24) is 0 Å². The summed E-state index contributed by atoms with van der Waals surface area (Å²) >= 11 is 0. The van der Waals surface area contributed by atoms with Crippen molar-refractivity contribution in [2.24, 2.45) is 0 Å². The molecule has 1 aromatic rings. The van der Waals surface area contributed by atoms with Crippen molar-refractivity contribution in [2.75, 3.05) is 0 Å². The third-order valence-corrected chi connectivity index (χ3v) is 1.52. The molecule has 0 unspecified atom stereocenters. The fourth-order valence-electron chi connectivity index (χ4n) is 0.860. The van der Waals surface area contributed by atoms with E-state index in [1.54, 1.807) is 0 Å². The fraction of sp³-hybridized carbons (Fsp3) is 0.400. The van der Waals surface area contributed by atoms with E-state index >= 15 is 0 Å². The van der Waals surface area contributed by atoms with Gasteiger partial charge >= 0.3 is 37.7 Å². The fourth-order valence-corrected chi connectivity index (χ4v) is 0.860. The Balaban J connectivity index is 0.000001000. The first-order valence-electron chi connectivity index (χ1n) is 3.58. The molecule has 0 saturated heterocycles. The Morgan fingerprint density at radius 3 is 2.09 bits per heavy atom. The molecule has 0 heterocycles. The van der Waals surface area contributed by atoms with Gasteiger partial charge in [0, 0.05) is 0 Å². The molecule has 0 aliphatic carbocycles. The van der Waals surface area contributed by atoms with Gasteiger partial charge in [-0.25, -0.2) is 0 Å². The second-order valence-corrected chi connectivity index (χ2v) is 3.53. The van der Waals surface area contributed by atoms with Gasteiger partial charge in [0.25, 0.3) is 0 Å². The maximum absolute atomic E-state index is 3.21. The molecule has 1 rings (SSSR count). The summed E-state index contributed by atoms with van der Waals surface area (Å²) in [6.45, 7) is 6.58. The molecule has 0 N–H and O–H groups in total. The summed E-state index contributed by atoms with van der Waals surface area (Å²) in [5.74, 6) is 0. The number of rotatable bonds is 0. The third-order valence-electron chi connectivity index (χ3n) is 1.52. The first-order chi connectivity index (χ1) is 4.61. The van der Waals surface area contributed by atoms with Crippen molar-refractivity contribution in [2.45, 2.75) is 26.2 Å². The Hall–Kier alpha value is 0.480. The van der Waals surface area contributed by atoms with Crippen LogP contribution in [0.2, 0.25) is 0 Å². The SMILES string of the molecule is CC(C)(C)c1[c]cccc1.[CaH2]. The quantitative estimate of drug-likeness (QED) is 0.528. The molecule has 0 spiro atoms. The molecule has 0 aliphatic heterocycles. The number of hydrogen-bond donors (Lipinski definition) is 0. The van der Waals surface area contributed by atoms with Crippen LogP contribution in [0.25, 0.3) is 0 Å². The van der Waals surface area contributed by atoms with E-state index in [-0.39, 0.29) is 43.2 Å². The molecule has 1 radical (unpaired) electrons. The van der Waals surface area contributed by atoms with Crippen LogP contribution >= 0.6 is 0 Å². The number of hydrogen-bond acceptors (Lipinski definition) is 0. The van der Waals surface area contributed by atoms with Gasteiger partial charge in [-0.15, -0.1) is 0 Å². The molecule has 0 aliphatic rings. The van der Waals surface area contributed by atoms with Crippen LogP contribution in [0.3, 0.4) is 0 Å². The Bertz CT molecular complexity index is 196. The summed E-state index contributed by atoms with van der Waals surface area (Å²) in [6.07, 6.45) is 0. The molecular formula is C10H15Ca. The van der Waals surface area contributed by atoms with E-state index in [0.717, 1.165) is 0 Å². The Morgan fingerprint density at radius 2 is 1.82 bits per heavy atom. The topological polar surface area (TPSA) is 0 Å². The van der Waals surface area contributed by atoms with Crippen LogP contribution in [0.4, 0.5) is 0 Å². The maximum atomic E-state index is 3.21. The summed E-state index contributed by atoms with van der Waals surface area (Å²) in [5.41, 5.74) is 1.51. The van der Waals surface area contributed by atoms with Crippen LogP contribution in [0.15, 0.2) is 24.3 Å². The molecule has 0 fully saturated rings. The Kier molecular flexibility index (Phi) is 4.69. The zero-order chi connectivity index (χ0) is 7.61. The van der Waals surface area contributed by atoms with E-state index in [1.165, 1.54) is 5.56 Å². The molecule has 0 saturated carbocycles. The molecule has 57 valence electrons. The summed E-state index contributed by atoms with van der Waals surface area (Å²) in [7, 11) is 0. The van der Waals surface area contributed by atoms with E-state index in [9.17, 15) is 0 Å². The van der Waals surface area contributed by atoms with E-state index in [1.807, 2.05) is 12.1 Å². The minimum absolute atomic E-state index is 0. The molecule has 0 nitrogen and oxygen atoms in total. The van der Waals surface area contributed by atoms with Crippen LogP contribution in [0.5, 0.6) is 0 Å². The first kappa shape index (κ1) is 11.5. The molecular weight excluding hydrogens is 160 g/mol. The first-order valence-corrected chi connectivity index (χ1v) is 3.58. The predicted octanol–water partition coefficient (Wildman–Crippen LogP) is 1.87. The zero-order valence-electron chi connectivity index (χ0n) is 6.81. The normalized spacial score (nSPS) is 10.5. The second kappa shape index (κ2) is 4.49. The van der Waals surface area contributed by atoms with Gasteiger partial charge in [0.15, 0.2) is 0 Å². The summed E-state index contributed by atoms with van der Waals surface area (Å²) in [5, 5.41) is 0. The summed E-state index contributed by atoms with van der Waals surface area (Å²) in [6, 6.07) is 11.3. The van der Waals surface area contributed by atoms with Crippen molar-refractivity contribution < 1.29 is 0 Å². The van der Waals surface area contributed by atoms with Gasteiger partial charge in [-0.05, 0) is 17.0 Å². The van der Waals surface area contributed by atoms with Gasteiger partial charge in [-0.1, -0.05) is 45.0 Å². The standard InChI is InChI=1S/C10H13.Ca.2H/c1-10(2,3)9-7-5-4-6-8-9;;;/h4-7H,1-3H3;;;. The van der Waals surface area contributed by atoms with Gasteiger partial charge in [0.05, 0.1) is 0 Å². The summed E-state index contributed by atoms with van der Waals surface area (Å²) in [4.78, 5) is 0. The van der Waals surface area contributed by atoms with Crippen molar-refractivity contribution in [3.63, 3.8) is 0 Å². The molecule has 0 atom stereocenters. The van der Waals surface area contributed by atoms with E-state index in [4.69, 9.17) is 0 Å². The average molecular weight is 175 g/mol. The molecule has 0 bridgehead atoms. The van der Waals surface area contributed by atoms with Crippen LogP contribution in [0, 0.1) is 6.07 Å². The van der Waals surface area contributed by atoms with E-state index in [2.05, 4.69) is 39.0 Å². The Labute approximate surface area is 99.0 Å². The van der Waals surface area contributed by atoms with Gasteiger partial charge in [-0.3, -0.25) is 0 Å². The average Bonchev–Trinajstić information content (AvgIpc) is 1.88. The van der Waals surface area contributed by atoms with Crippen molar-refractivity contribution in [3.05, 3.63) is 35.9 Å². The van der Waals surface area contributed by atoms with Crippen molar-refractivity contribution >= 4 is 37.7 Å². The van der Waals surface area contributed by atoms with Crippen LogP contribution in [-0.4, -0.2) is 37.7 Å². The zero-order valence-corrected chi connectivity index (χ0v) is 6.81. The predicted molar refractivity (Wildman–Crippen MR) is 52.5 cm³/mol. The van der Waals surface area contributed by atoms with Gasteiger partial charge in [0.2, 0.25) is 0 Å². The second-order valence-electron chi connectivity index (χ2n) is 3.53. The van der Waals surface area contributed by atoms with Crippen LogP contribution in [0.1, 0.15) is 26.3 Å².